The molecule has 0 amide bonds. The lowest BCUT2D eigenvalue weighted by molar-refractivity contribution is 0.199. The molecule has 0 aliphatic carbocycles. The predicted molar refractivity (Wildman–Crippen MR) is 65.9 cm³/mol. The second kappa shape index (κ2) is 6.27. The van der Waals surface area contributed by atoms with Crippen LogP contribution in [0.25, 0.3) is 0 Å². The second-order valence-electron chi connectivity index (χ2n) is 4.10. The highest BCUT2D eigenvalue weighted by Crippen LogP contribution is 2.00. The van der Waals surface area contributed by atoms with Crippen molar-refractivity contribution in [2.75, 3.05) is 20.3 Å². The number of ether oxygens (including phenoxy) is 1. The number of rotatable bonds is 7. The van der Waals surface area contributed by atoms with Crippen LogP contribution in [0.2, 0.25) is 0 Å². The summed E-state index contributed by atoms with van der Waals surface area (Å²) in [6.07, 6.45) is 5.75. The van der Waals surface area contributed by atoms with Crippen LogP contribution in [-0.4, -0.2) is 45.0 Å². The Kier molecular flexibility index (Phi) is 4.43. The molecule has 0 unspecified atom stereocenters. The maximum Gasteiger partial charge on any atom is 0.104 e. The van der Waals surface area contributed by atoms with Gasteiger partial charge in [-0.3, -0.25) is 9.36 Å². The van der Waals surface area contributed by atoms with E-state index in [0.717, 1.165) is 24.3 Å². The molecule has 2 aromatic rings. The number of nitrogens with zero attached hydrogens (tertiary/aromatic N) is 5. The first-order valence-electron chi connectivity index (χ1n) is 5.84. The zero-order valence-electron chi connectivity index (χ0n) is 10.7. The Morgan fingerprint density at radius 2 is 2.28 bits per heavy atom. The van der Waals surface area contributed by atoms with Gasteiger partial charge in [-0.2, -0.15) is 5.10 Å². The van der Waals surface area contributed by atoms with Gasteiger partial charge in [0, 0.05) is 45.2 Å². The van der Waals surface area contributed by atoms with Crippen LogP contribution in [0.3, 0.4) is 0 Å². The first kappa shape index (κ1) is 12.7. The van der Waals surface area contributed by atoms with Gasteiger partial charge in [0.2, 0.25) is 0 Å². The number of methoxy groups -OCH3 is 1. The van der Waals surface area contributed by atoms with Crippen molar-refractivity contribution >= 4 is 0 Å². The summed E-state index contributed by atoms with van der Waals surface area (Å²) in [6, 6.07) is 0. The van der Waals surface area contributed by atoms with Crippen molar-refractivity contribution in [2.24, 2.45) is 7.05 Å². The minimum absolute atomic E-state index is 0.645. The Bertz CT molecular complexity index is 477. The topological polar surface area (TPSA) is 69.8 Å². The first-order chi connectivity index (χ1) is 8.78. The summed E-state index contributed by atoms with van der Waals surface area (Å²) in [6.45, 7) is 3.00. The number of aromatic nitrogens is 5. The van der Waals surface area contributed by atoms with Gasteiger partial charge < -0.3 is 10.1 Å². The Hall–Kier alpha value is -1.73. The van der Waals surface area contributed by atoms with Gasteiger partial charge in [0.05, 0.1) is 19.3 Å². The highest BCUT2D eigenvalue weighted by Gasteiger charge is 2.02. The molecule has 18 heavy (non-hydrogen) atoms. The molecule has 0 aromatic carbocycles. The third kappa shape index (κ3) is 3.64. The van der Waals surface area contributed by atoms with Crippen LogP contribution in [0, 0.1) is 0 Å². The van der Waals surface area contributed by atoms with Gasteiger partial charge in [-0.1, -0.05) is 5.21 Å². The zero-order valence-corrected chi connectivity index (χ0v) is 10.7. The van der Waals surface area contributed by atoms with E-state index in [2.05, 4.69) is 20.7 Å². The highest BCUT2D eigenvalue weighted by molar-refractivity contribution is 5.05. The molecule has 2 heterocycles. The number of aryl methyl sites for hydroxylation is 1. The fraction of sp³-hybridized carbons (Fsp3) is 0.545. The summed E-state index contributed by atoms with van der Waals surface area (Å²) < 4.78 is 8.51. The molecular formula is C11H18N6O. The van der Waals surface area contributed by atoms with Gasteiger partial charge in [0.1, 0.15) is 5.69 Å². The van der Waals surface area contributed by atoms with Crippen LogP contribution in [-0.2, 0) is 24.9 Å². The van der Waals surface area contributed by atoms with Crippen LogP contribution >= 0.6 is 0 Å². The molecule has 2 aromatic heterocycles. The molecule has 1 N–H and O–H groups in total. The Morgan fingerprint density at radius 1 is 1.39 bits per heavy atom. The summed E-state index contributed by atoms with van der Waals surface area (Å²) in [5.41, 5.74) is 2.05. The van der Waals surface area contributed by atoms with E-state index in [1.54, 1.807) is 11.8 Å². The third-order valence-corrected chi connectivity index (χ3v) is 2.47. The summed E-state index contributed by atoms with van der Waals surface area (Å²) in [5, 5.41) is 15.5. The van der Waals surface area contributed by atoms with Crippen LogP contribution in [0.4, 0.5) is 0 Å². The molecule has 0 saturated heterocycles. The zero-order chi connectivity index (χ0) is 12.8. The van der Waals surface area contributed by atoms with Crippen molar-refractivity contribution in [1.82, 2.24) is 30.1 Å². The van der Waals surface area contributed by atoms with E-state index < -0.39 is 0 Å². The molecule has 0 atom stereocenters. The molecular weight excluding hydrogens is 232 g/mol. The molecule has 7 nitrogen and oxygen atoms in total. The number of nitrogens with one attached hydrogen (secondary N) is 1. The molecule has 0 aliphatic heterocycles. The summed E-state index contributed by atoms with van der Waals surface area (Å²) >= 11 is 0. The minimum atomic E-state index is 0.645. The van der Waals surface area contributed by atoms with Gasteiger partial charge in [0.25, 0.3) is 0 Å². The van der Waals surface area contributed by atoms with Crippen molar-refractivity contribution in [3.05, 3.63) is 29.8 Å². The van der Waals surface area contributed by atoms with Gasteiger partial charge in [-0.25, -0.2) is 0 Å². The van der Waals surface area contributed by atoms with Gasteiger partial charge in [-0.05, 0) is 0 Å². The fourth-order valence-electron chi connectivity index (χ4n) is 1.62. The molecule has 2 rings (SSSR count). The molecule has 0 radical (unpaired) electrons. The highest BCUT2D eigenvalue weighted by atomic mass is 16.5. The van der Waals surface area contributed by atoms with Crippen LogP contribution < -0.4 is 5.32 Å². The van der Waals surface area contributed by atoms with E-state index >= 15 is 0 Å². The van der Waals surface area contributed by atoms with Gasteiger partial charge in [-0.15, -0.1) is 5.10 Å². The van der Waals surface area contributed by atoms with Crippen LogP contribution in [0.15, 0.2) is 18.6 Å². The minimum Gasteiger partial charge on any atom is -0.383 e. The molecule has 0 bridgehead atoms. The van der Waals surface area contributed by atoms with Gasteiger partial charge in [0.15, 0.2) is 0 Å². The summed E-state index contributed by atoms with van der Waals surface area (Å²) in [4.78, 5) is 0. The van der Waals surface area contributed by atoms with Crippen molar-refractivity contribution in [2.45, 2.75) is 13.1 Å². The maximum atomic E-state index is 4.97. The number of hydrogen-bond donors (Lipinski definition) is 1. The predicted octanol–water partition coefficient (Wildman–Crippen LogP) is -0.204. The van der Waals surface area contributed by atoms with Crippen molar-refractivity contribution in [3.63, 3.8) is 0 Å². The lowest BCUT2D eigenvalue weighted by atomic mass is 10.3. The average molecular weight is 250 g/mol. The van der Waals surface area contributed by atoms with E-state index in [-0.39, 0.29) is 0 Å². The maximum absolute atomic E-state index is 4.97. The molecule has 0 aliphatic rings. The Morgan fingerprint density at radius 3 is 3.00 bits per heavy atom. The average Bonchev–Trinajstić information content (AvgIpc) is 2.95. The fourth-order valence-corrected chi connectivity index (χ4v) is 1.62. The smallest absolute Gasteiger partial charge is 0.104 e. The normalized spacial score (nSPS) is 11.0. The van der Waals surface area contributed by atoms with Crippen LogP contribution in [0.1, 0.15) is 11.3 Å². The molecule has 0 saturated carbocycles. The van der Waals surface area contributed by atoms with E-state index in [1.165, 1.54) is 0 Å². The molecule has 98 valence electrons. The summed E-state index contributed by atoms with van der Waals surface area (Å²) in [7, 11) is 3.55. The van der Waals surface area contributed by atoms with E-state index in [4.69, 9.17) is 4.74 Å². The molecule has 0 fully saturated rings. The number of hydrogen-bond acceptors (Lipinski definition) is 5. The van der Waals surface area contributed by atoms with Gasteiger partial charge >= 0.3 is 0 Å². The van der Waals surface area contributed by atoms with E-state index in [0.29, 0.717) is 13.2 Å². The Balaban J connectivity index is 1.82. The first-order valence-corrected chi connectivity index (χ1v) is 5.84. The quantitative estimate of drug-likeness (QED) is 0.689. The largest absolute Gasteiger partial charge is 0.383 e. The second-order valence-corrected chi connectivity index (χ2v) is 4.10. The lowest BCUT2D eigenvalue weighted by Gasteiger charge is -2.00. The van der Waals surface area contributed by atoms with E-state index in [1.807, 2.05) is 30.3 Å². The van der Waals surface area contributed by atoms with Crippen molar-refractivity contribution in [1.29, 1.82) is 0 Å². The standard InChI is InChI=1S/C11H18N6O/c1-16-8-11(14-15-16)9-17-7-10(6-13-17)5-12-3-4-18-2/h6-8,12H,3-5,9H2,1-2H3. The lowest BCUT2D eigenvalue weighted by Crippen LogP contribution is -2.18. The van der Waals surface area contributed by atoms with E-state index in [9.17, 15) is 0 Å². The Labute approximate surface area is 106 Å². The van der Waals surface area contributed by atoms with Crippen molar-refractivity contribution in [3.8, 4) is 0 Å². The summed E-state index contributed by atoms with van der Waals surface area (Å²) in [5.74, 6) is 0. The van der Waals surface area contributed by atoms with Crippen LogP contribution in [0.5, 0.6) is 0 Å². The third-order valence-electron chi connectivity index (χ3n) is 2.47. The molecule has 0 spiro atoms. The monoisotopic (exact) mass is 250 g/mol. The SMILES string of the molecule is COCCNCc1cnn(Cc2cn(C)nn2)c1. The van der Waals surface area contributed by atoms with Crippen molar-refractivity contribution < 1.29 is 4.74 Å². The molecule has 7 heteroatoms.